The smallest absolute Gasteiger partial charge is 0.323 e. The molecule has 20 heavy (non-hydrogen) atoms. The molecule has 0 bridgehead atoms. The number of aromatic nitrogens is 3. The number of aliphatic hydroxyl groups excluding tert-OH is 2. The number of aliphatic hydroxyl groups is 2. The molecule has 0 aromatic carbocycles. The van der Waals surface area contributed by atoms with Gasteiger partial charge in [0.25, 0.3) is 0 Å². The molecule has 114 valence electrons. The second kappa shape index (κ2) is 8.49. The van der Waals surface area contributed by atoms with E-state index in [9.17, 15) is 0 Å². The van der Waals surface area contributed by atoms with Crippen LogP contribution in [0, 0.1) is 0 Å². The van der Waals surface area contributed by atoms with Crippen molar-refractivity contribution in [2.24, 2.45) is 0 Å². The molecule has 8 nitrogen and oxygen atoms in total. The summed E-state index contributed by atoms with van der Waals surface area (Å²) in [5, 5.41) is 21.1. The van der Waals surface area contributed by atoms with Gasteiger partial charge >= 0.3 is 6.01 Å². The predicted octanol–water partition coefficient (Wildman–Crippen LogP) is -0.118. The van der Waals surface area contributed by atoms with Crippen LogP contribution >= 0.6 is 0 Å². The highest BCUT2D eigenvalue weighted by Gasteiger charge is 2.14. The first kappa shape index (κ1) is 16.4. The molecule has 0 fully saturated rings. The lowest BCUT2D eigenvalue weighted by molar-refractivity contribution is 0.221. The Balaban J connectivity index is 3.04. The van der Waals surface area contributed by atoms with Gasteiger partial charge in [-0.25, -0.2) is 0 Å². The fraction of sp³-hybridized carbons (Fsp3) is 0.750. The van der Waals surface area contributed by atoms with Crippen molar-refractivity contribution in [1.29, 1.82) is 0 Å². The van der Waals surface area contributed by atoms with Crippen molar-refractivity contribution in [3.63, 3.8) is 0 Å². The van der Waals surface area contributed by atoms with Gasteiger partial charge in [-0.3, -0.25) is 0 Å². The van der Waals surface area contributed by atoms with E-state index >= 15 is 0 Å². The Bertz CT molecular complexity index is 397. The normalized spacial score (nSPS) is 10.7. The number of rotatable bonds is 9. The monoisotopic (exact) mass is 285 g/mol. The van der Waals surface area contributed by atoms with E-state index in [2.05, 4.69) is 20.3 Å². The molecule has 3 N–H and O–H groups in total. The summed E-state index contributed by atoms with van der Waals surface area (Å²) in [6, 6.07) is 0.224. The van der Waals surface area contributed by atoms with Gasteiger partial charge in [-0.2, -0.15) is 15.0 Å². The Hall–Kier alpha value is -1.67. The molecular weight excluding hydrogens is 262 g/mol. The van der Waals surface area contributed by atoms with Gasteiger partial charge in [0.1, 0.15) is 0 Å². The van der Waals surface area contributed by atoms with Crippen molar-refractivity contribution in [3.8, 4) is 6.01 Å². The van der Waals surface area contributed by atoms with Crippen molar-refractivity contribution >= 4 is 11.9 Å². The number of hydrogen-bond donors (Lipinski definition) is 3. The summed E-state index contributed by atoms with van der Waals surface area (Å²) < 4.78 is 5.49. The zero-order chi connectivity index (χ0) is 15.0. The van der Waals surface area contributed by atoms with Crippen molar-refractivity contribution in [1.82, 2.24) is 15.0 Å². The molecule has 0 amide bonds. The van der Waals surface area contributed by atoms with E-state index in [1.165, 1.54) is 0 Å². The molecule has 0 aliphatic carbocycles. The predicted molar refractivity (Wildman–Crippen MR) is 76.1 cm³/mol. The van der Waals surface area contributed by atoms with Crippen molar-refractivity contribution in [2.75, 3.05) is 43.1 Å². The van der Waals surface area contributed by atoms with E-state index in [1.807, 2.05) is 20.8 Å². The minimum atomic E-state index is -0.0530. The molecule has 8 heteroatoms. The summed E-state index contributed by atoms with van der Waals surface area (Å²) in [5.41, 5.74) is 0. The minimum absolute atomic E-state index is 0.0520. The number of ether oxygens (including phenoxy) is 1. The van der Waals surface area contributed by atoms with Crippen LogP contribution in [0.2, 0.25) is 0 Å². The summed E-state index contributed by atoms with van der Waals surface area (Å²) in [6.07, 6.45) is -0.0520. The maximum atomic E-state index is 9.07. The third-order valence-corrected chi connectivity index (χ3v) is 2.30. The van der Waals surface area contributed by atoms with Crippen LogP contribution in [0.1, 0.15) is 20.8 Å². The van der Waals surface area contributed by atoms with Crippen LogP contribution in [0.25, 0.3) is 0 Å². The van der Waals surface area contributed by atoms with Crippen molar-refractivity contribution < 1.29 is 14.9 Å². The summed E-state index contributed by atoms with van der Waals surface area (Å²) >= 11 is 0. The molecular formula is C12H23N5O3. The third kappa shape index (κ3) is 5.14. The van der Waals surface area contributed by atoms with Gasteiger partial charge in [-0.05, 0) is 20.8 Å². The van der Waals surface area contributed by atoms with E-state index in [1.54, 1.807) is 4.90 Å². The molecule has 1 rings (SSSR count). The van der Waals surface area contributed by atoms with Gasteiger partial charge in [0.05, 0.1) is 19.3 Å². The topological polar surface area (TPSA) is 104 Å². The van der Waals surface area contributed by atoms with E-state index in [0.717, 1.165) is 0 Å². The lowest BCUT2D eigenvalue weighted by atomic mass is 10.5. The minimum Gasteiger partial charge on any atom is -0.461 e. The highest BCUT2D eigenvalue weighted by molar-refractivity contribution is 5.38. The molecule has 0 aliphatic rings. The molecule has 0 spiro atoms. The van der Waals surface area contributed by atoms with Gasteiger partial charge in [0.15, 0.2) is 0 Å². The van der Waals surface area contributed by atoms with E-state index < -0.39 is 0 Å². The molecule has 0 unspecified atom stereocenters. The first-order chi connectivity index (χ1) is 9.60. The van der Waals surface area contributed by atoms with E-state index in [-0.39, 0.29) is 25.3 Å². The fourth-order valence-electron chi connectivity index (χ4n) is 1.54. The molecule has 0 atom stereocenters. The second-order valence-electron chi connectivity index (χ2n) is 4.37. The van der Waals surface area contributed by atoms with Crippen molar-refractivity contribution in [2.45, 2.75) is 26.9 Å². The Morgan fingerprint density at radius 3 is 2.30 bits per heavy atom. The van der Waals surface area contributed by atoms with Gasteiger partial charge < -0.3 is 25.2 Å². The molecule has 1 heterocycles. The largest absolute Gasteiger partial charge is 0.461 e. The quantitative estimate of drug-likeness (QED) is 0.577. The maximum absolute atomic E-state index is 9.07. The number of anilines is 2. The highest BCUT2D eigenvalue weighted by Crippen LogP contribution is 2.15. The van der Waals surface area contributed by atoms with E-state index in [0.29, 0.717) is 31.5 Å². The number of hydrogen-bond acceptors (Lipinski definition) is 8. The summed E-state index contributed by atoms with van der Waals surface area (Å²) in [5.74, 6) is 0.781. The van der Waals surface area contributed by atoms with Crippen LogP contribution in [0.3, 0.4) is 0 Å². The molecule has 1 aromatic heterocycles. The summed E-state index contributed by atoms with van der Waals surface area (Å²) in [7, 11) is 0. The molecule has 1 aromatic rings. The highest BCUT2D eigenvalue weighted by atomic mass is 16.5. The molecule has 0 saturated carbocycles. The third-order valence-electron chi connectivity index (χ3n) is 2.30. The van der Waals surface area contributed by atoms with Crippen molar-refractivity contribution in [3.05, 3.63) is 0 Å². The lowest BCUT2D eigenvalue weighted by Gasteiger charge is -2.21. The maximum Gasteiger partial charge on any atom is 0.323 e. The van der Waals surface area contributed by atoms with Gasteiger partial charge in [0.2, 0.25) is 11.9 Å². The first-order valence-electron chi connectivity index (χ1n) is 6.74. The van der Waals surface area contributed by atoms with Crippen LogP contribution in [0.15, 0.2) is 0 Å². The zero-order valence-corrected chi connectivity index (χ0v) is 12.2. The second-order valence-corrected chi connectivity index (χ2v) is 4.37. The average molecular weight is 285 g/mol. The number of nitrogens with zero attached hydrogens (tertiary/aromatic N) is 4. The number of nitrogens with one attached hydrogen (secondary N) is 1. The van der Waals surface area contributed by atoms with Gasteiger partial charge in [-0.15, -0.1) is 0 Å². The molecule has 0 radical (unpaired) electrons. The van der Waals surface area contributed by atoms with Gasteiger partial charge in [0, 0.05) is 19.6 Å². The van der Waals surface area contributed by atoms with Crippen LogP contribution in [0.4, 0.5) is 11.9 Å². The average Bonchev–Trinajstić information content (AvgIpc) is 2.37. The van der Waals surface area contributed by atoms with Crippen LogP contribution in [-0.4, -0.2) is 64.1 Å². The molecule has 0 saturated heterocycles. The molecule has 0 aliphatic heterocycles. The van der Waals surface area contributed by atoms with E-state index in [4.69, 9.17) is 14.9 Å². The van der Waals surface area contributed by atoms with Crippen LogP contribution in [-0.2, 0) is 0 Å². The van der Waals surface area contributed by atoms with Gasteiger partial charge in [-0.1, -0.05) is 0 Å². The Morgan fingerprint density at radius 1 is 1.15 bits per heavy atom. The lowest BCUT2D eigenvalue weighted by Crippen LogP contribution is -2.32. The SMILES string of the molecule is CCNc1nc(OC(C)C)nc(N(CCO)CCO)n1. The van der Waals surface area contributed by atoms with Crippen LogP contribution < -0.4 is 15.0 Å². The Labute approximate surface area is 118 Å². The Morgan fingerprint density at radius 2 is 1.80 bits per heavy atom. The summed E-state index contributed by atoms with van der Waals surface area (Å²) in [4.78, 5) is 14.3. The standard InChI is InChI=1S/C12H23N5O3/c1-4-13-10-14-11(17(5-7-18)6-8-19)16-12(15-10)20-9(2)3/h9,18-19H,4-8H2,1-3H3,(H,13,14,15,16). The van der Waals surface area contributed by atoms with Crippen LogP contribution in [0.5, 0.6) is 6.01 Å². The summed E-state index contributed by atoms with van der Waals surface area (Å²) in [6.45, 7) is 6.93. The fourth-order valence-corrected chi connectivity index (χ4v) is 1.54. The first-order valence-corrected chi connectivity index (χ1v) is 6.74. The Kier molecular flexibility index (Phi) is 6.96. The zero-order valence-electron chi connectivity index (χ0n) is 12.2.